The Morgan fingerprint density at radius 3 is 2.88 bits per heavy atom. The van der Waals surface area contributed by atoms with Gasteiger partial charge in [-0.3, -0.25) is 0 Å². The summed E-state index contributed by atoms with van der Waals surface area (Å²) in [5, 5.41) is 7.54. The molecule has 0 spiro atoms. The van der Waals surface area contributed by atoms with Crippen molar-refractivity contribution < 1.29 is 0 Å². The van der Waals surface area contributed by atoms with Crippen molar-refractivity contribution in [1.29, 1.82) is 0 Å². The highest BCUT2D eigenvalue weighted by molar-refractivity contribution is 7.17. The maximum absolute atomic E-state index is 5.68. The Morgan fingerprint density at radius 2 is 2.12 bits per heavy atom. The van der Waals surface area contributed by atoms with E-state index in [-0.39, 0.29) is 0 Å². The summed E-state index contributed by atoms with van der Waals surface area (Å²) in [7, 11) is 1.79. The van der Waals surface area contributed by atoms with Gasteiger partial charge in [0.2, 0.25) is 5.95 Å². The number of nitrogen functional groups attached to an aromatic ring is 1. The molecule has 0 amide bonds. The number of aryl methyl sites for hydroxylation is 1. The van der Waals surface area contributed by atoms with Crippen LogP contribution in [0.25, 0.3) is 21.5 Å². The van der Waals surface area contributed by atoms with Gasteiger partial charge in [0.25, 0.3) is 0 Å². The topological polar surface area (TPSA) is 56.7 Å². The number of nitrogens with two attached hydrogens (primary N) is 1. The predicted octanol–water partition coefficient (Wildman–Crippen LogP) is 2.28. The zero-order chi connectivity index (χ0) is 11.1. The van der Waals surface area contributed by atoms with Crippen molar-refractivity contribution in [2.24, 2.45) is 7.05 Å². The highest BCUT2D eigenvalue weighted by atomic mass is 32.1. The van der Waals surface area contributed by atoms with E-state index in [1.165, 1.54) is 10.1 Å². The summed E-state index contributed by atoms with van der Waals surface area (Å²) in [5.74, 6) is 1.13. The molecule has 0 aliphatic heterocycles. The van der Waals surface area contributed by atoms with Crippen molar-refractivity contribution >= 4 is 27.4 Å². The van der Waals surface area contributed by atoms with E-state index < -0.39 is 0 Å². The molecule has 80 valence electrons. The molecule has 0 aliphatic carbocycles. The van der Waals surface area contributed by atoms with E-state index in [1.807, 2.05) is 12.1 Å². The average Bonchev–Trinajstić information content (AvgIpc) is 2.83. The molecule has 0 unspecified atom stereocenters. The number of hydrogen-bond donors (Lipinski definition) is 1. The number of aromatic nitrogens is 3. The average molecular weight is 230 g/mol. The van der Waals surface area contributed by atoms with E-state index >= 15 is 0 Å². The van der Waals surface area contributed by atoms with Crippen LogP contribution in [0.4, 0.5) is 5.95 Å². The van der Waals surface area contributed by atoms with Crippen molar-refractivity contribution in [1.82, 2.24) is 14.8 Å². The molecule has 3 rings (SSSR count). The van der Waals surface area contributed by atoms with Crippen LogP contribution < -0.4 is 5.73 Å². The Labute approximate surface area is 96.3 Å². The second-order valence-electron chi connectivity index (χ2n) is 3.56. The van der Waals surface area contributed by atoms with Crippen LogP contribution in [0.3, 0.4) is 0 Å². The van der Waals surface area contributed by atoms with Crippen LogP contribution in [0.15, 0.2) is 29.6 Å². The van der Waals surface area contributed by atoms with E-state index in [9.17, 15) is 0 Å². The Hall–Kier alpha value is -1.88. The van der Waals surface area contributed by atoms with Crippen LogP contribution in [-0.2, 0) is 7.05 Å². The first-order chi connectivity index (χ1) is 7.75. The minimum atomic E-state index is 0.435. The molecule has 5 heteroatoms. The summed E-state index contributed by atoms with van der Waals surface area (Å²) in [4.78, 5) is 4.24. The van der Waals surface area contributed by atoms with Crippen molar-refractivity contribution in [2.45, 2.75) is 0 Å². The molecule has 0 aliphatic rings. The van der Waals surface area contributed by atoms with Gasteiger partial charge in [0, 0.05) is 28.1 Å². The van der Waals surface area contributed by atoms with Crippen molar-refractivity contribution in [3.05, 3.63) is 29.6 Å². The van der Waals surface area contributed by atoms with E-state index in [0.29, 0.717) is 11.8 Å². The predicted molar refractivity (Wildman–Crippen MR) is 66.2 cm³/mol. The zero-order valence-corrected chi connectivity index (χ0v) is 9.53. The summed E-state index contributed by atoms with van der Waals surface area (Å²) in [6, 6.07) is 8.22. The summed E-state index contributed by atoms with van der Waals surface area (Å²) in [6.07, 6.45) is 0. The molecule has 3 aromatic rings. The molecule has 2 aromatic heterocycles. The first-order valence-corrected chi connectivity index (χ1v) is 5.77. The number of thiophene rings is 1. The number of hydrogen-bond acceptors (Lipinski definition) is 4. The molecule has 16 heavy (non-hydrogen) atoms. The van der Waals surface area contributed by atoms with Gasteiger partial charge in [0.15, 0.2) is 5.82 Å². The Kier molecular flexibility index (Phi) is 1.94. The molecule has 2 N–H and O–H groups in total. The fraction of sp³-hybridized carbons (Fsp3) is 0.0909. The third-order valence-electron chi connectivity index (χ3n) is 2.52. The van der Waals surface area contributed by atoms with Gasteiger partial charge in [0.05, 0.1) is 0 Å². The van der Waals surface area contributed by atoms with Crippen LogP contribution in [-0.4, -0.2) is 14.8 Å². The second-order valence-corrected chi connectivity index (χ2v) is 4.47. The van der Waals surface area contributed by atoms with E-state index in [2.05, 4.69) is 27.6 Å². The van der Waals surface area contributed by atoms with Gasteiger partial charge in [-0.2, -0.15) is 4.98 Å². The summed E-state index contributed by atoms with van der Waals surface area (Å²) >= 11 is 1.69. The van der Waals surface area contributed by atoms with Crippen LogP contribution in [0.5, 0.6) is 0 Å². The zero-order valence-electron chi connectivity index (χ0n) is 8.71. The molecule has 0 bridgehead atoms. The molecule has 2 heterocycles. The SMILES string of the molecule is Cn1nc(-c2csc3ccccc23)nc1N. The number of fused-ring (bicyclic) bond motifs is 1. The van der Waals surface area contributed by atoms with Gasteiger partial charge in [-0.05, 0) is 6.07 Å². The molecule has 0 fully saturated rings. The third-order valence-corrected chi connectivity index (χ3v) is 3.48. The quantitative estimate of drug-likeness (QED) is 0.697. The van der Waals surface area contributed by atoms with E-state index in [4.69, 9.17) is 5.73 Å². The van der Waals surface area contributed by atoms with Crippen molar-refractivity contribution in [2.75, 3.05) is 5.73 Å². The van der Waals surface area contributed by atoms with Crippen LogP contribution in [0.2, 0.25) is 0 Å². The van der Waals surface area contributed by atoms with Gasteiger partial charge in [-0.25, -0.2) is 4.68 Å². The number of benzene rings is 1. The van der Waals surface area contributed by atoms with E-state index in [1.54, 1.807) is 23.1 Å². The fourth-order valence-corrected chi connectivity index (χ4v) is 2.60. The largest absolute Gasteiger partial charge is 0.368 e. The second kappa shape index (κ2) is 3.31. The van der Waals surface area contributed by atoms with Crippen molar-refractivity contribution in [3.8, 4) is 11.4 Å². The molecule has 1 aromatic carbocycles. The lowest BCUT2D eigenvalue weighted by Gasteiger charge is -1.91. The molecule has 4 nitrogen and oxygen atoms in total. The highest BCUT2D eigenvalue weighted by Gasteiger charge is 2.11. The van der Waals surface area contributed by atoms with Gasteiger partial charge in [-0.15, -0.1) is 16.4 Å². The maximum Gasteiger partial charge on any atom is 0.218 e. The van der Waals surface area contributed by atoms with E-state index in [0.717, 1.165) is 5.56 Å². The minimum Gasteiger partial charge on any atom is -0.368 e. The van der Waals surface area contributed by atoms with Gasteiger partial charge in [-0.1, -0.05) is 18.2 Å². The first-order valence-electron chi connectivity index (χ1n) is 4.89. The van der Waals surface area contributed by atoms with Gasteiger partial charge >= 0.3 is 0 Å². The molecule has 0 atom stereocenters. The van der Waals surface area contributed by atoms with Crippen LogP contribution in [0, 0.1) is 0 Å². The lowest BCUT2D eigenvalue weighted by Crippen LogP contribution is -1.97. The van der Waals surface area contributed by atoms with Gasteiger partial charge < -0.3 is 5.73 Å². The lowest BCUT2D eigenvalue weighted by atomic mass is 10.2. The summed E-state index contributed by atoms with van der Waals surface area (Å²) in [6.45, 7) is 0. The fourth-order valence-electron chi connectivity index (χ4n) is 1.66. The molecular formula is C11H10N4S. The Balaban J connectivity index is 2.26. The molecule has 0 saturated carbocycles. The molecule has 0 saturated heterocycles. The lowest BCUT2D eigenvalue weighted by molar-refractivity contribution is 0.781. The standard InChI is InChI=1S/C11H10N4S/c1-15-11(12)13-10(14-15)8-6-16-9-5-3-2-4-7(8)9/h2-6H,1H3,(H2,12,13,14). The minimum absolute atomic E-state index is 0.435. The number of rotatable bonds is 1. The Morgan fingerprint density at radius 1 is 1.31 bits per heavy atom. The monoisotopic (exact) mass is 230 g/mol. The normalized spacial score (nSPS) is 11.1. The summed E-state index contributed by atoms with van der Waals surface area (Å²) in [5.41, 5.74) is 6.73. The third kappa shape index (κ3) is 1.29. The van der Waals surface area contributed by atoms with Crippen molar-refractivity contribution in [3.63, 3.8) is 0 Å². The van der Waals surface area contributed by atoms with Gasteiger partial charge in [0.1, 0.15) is 0 Å². The summed E-state index contributed by atoms with van der Waals surface area (Å²) < 4.78 is 2.82. The van der Waals surface area contributed by atoms with Crippen LogP contribution >= 0.6 is 11.3 Å². The first kappa shape index (κ1) is 9.35. The highest BCUT2D eigenvalue weighted by Crippen LogP contribution is 2.32. The smallest absolute Gasteiger partial charge is 0.218 e. The number of nitrogens with zero attached hydrogens (tertiary/aromatic N) is 3. The molecule has 0 radical (unpaired) electrons. The number of anilines is 1. The Bertz CT molecular complexity index is 633. The molecular weight excluding hydrogens is 220 g/mol. The maximum atomic E-state index is 5.68. The van der Waals surface area contributed by atoms with Crippen LogP contribution in [0.1, 0.15) is 0 Å².